The third-order valence-electron chi connectivity index (χ3n) is 6.05. The van der Waals surface area contributed by atoms with Crippen LogP contribution < -0.4 is 5.32 Å². The molecule has 1 saturated heterocycles. The minimum Gasteiger partial charge on any atom is -0.381 e. The first kappa shape index (κ1) is 18.9. The topological polar surface area (TPSA) is 92.2 Å². The number of benzene rings is 1. The minimum absolute atomic E-state index is 0.0967. The maximum absolute atomic E-state index is 13.2. The van der Waals surface area contributed by atoms with Crippen LogP contribution in [0.2, 0.25) is 0 Å². The Labute approximate surface area is 174 Å². The maximum Gasteiger partial charge on any atom is 0.270 e. The van der Waals surface area contributed by atoms with Gasteiger partial charge in [0, 0.05) is 36.9 Å². The van der Waals surface area contributed by atoms with Gasteiger partial charge in [0.2, 0.25) is 5.91 Å². The van der Waals surface area contributed by atoms with Crippen LogP contribution in [0.3, 0.4) is 0 Å². The molecule has 0 saturated carbocycles. The molecule has 1 fully saturated rings. The highest BCUT2D eigenvalue weighted by molar-refractivity contribution is 5.98. The summed E-state index contributed by atoms with van der Waals surface area (Å²) in [6.45, 7) is 2.85. The van der Waals surface area contributed by atoms with Gasteiger partial charge in [-0.1, -0.05) is 18.2 Å². The lowest BCUT2D eigenvalue weighted by Gasteiger charge is -2.33. The minimum atomic E-state index is -0.531. The molecule has 5 rings (SSSR count). The van der Waals surface area contributed by atoms with Crippen LogP contribution in [0.15, 0.2) is 42.6 Å². The number of nitrogens with one attached hydrogen (secondary N) is 2. The Kier molecular flexibility index (Phi) is 5.00. The lowest BCUT2D eigenvalue weighted by Crippen LogP contribution is -2.48. The standard InChI is InChI=1S/C22H25N5O3/c28-21(23-12-15-6-9-30-10-7-15)20-14-26(13-17-5-8-24-27(17)20)22(29)19-11-16-3-1-2-4-18(16)25-19/h1-5,8,11,15,20,25H,6-7,9-10,12-14H2,(H,23,28)/t20-/m1/s1. The van der Waals surface area contributed by atoms with E-state index < -0.39 is 6.04 Å². The molecule has 2 amide bonds. The van der Waals surface area contributed by atoms with Gasteiger partial charge in [0.25, 0.3) is 5.91 Å². The fourth-order valence-corrected chi connectivity index (χ4v) is 4.31. The Balaban J connectivity index is 1.32. The van der Waals surface area contributed by atoms with Gasteiger partial charge in [-0.2, -0.15) is 5.10 Å². The number of para-hydroxylation sites is 1. The van der Waals surface area contributed by atoms with Crippen molar-refractivity contribution in [3.8, 4) is 0 Å². The lowest BCUT2D eigenvalue weighted by molar-refractivity contribution is -0.126. The highest BCUT2D eigenvalue weighted by Gasteiger charge is 2.34. The average Bonchev–Trinajstić information content (AvgIpc) is 3.43. The van der Waals surface area contributed by atoms with E-state index in [0.29, 0.717) is 31.2 Å². The first-order valence-electron chi connectivity index (χ1n) is 10.4. The summed E-state index contributed by atoms with van der Waals surface area (Å²) >= 11 is 0. The molecule has 0 unspecified atom stereocenters. The maximum atomic E-state index is 13.2. The molecule has 2 aromatic heterocycles. The lowest BCUT2D eigenvalue weighted by atomic mass is 10.0. The molecule has 1 atom stereocenters. The summed E-state index contributed by atoms with van der Waals surface area (Å²) in [6, 6.07) is 11.0. The van der Waals surface area contributed by atoms with Crippen LogP contribution in [0.5, 0.6) is 0 Å². The number of carbonyl (C=O) groups is 2. The second-order valence-electron chi connectivity index (χ2n) is 8.04. The summed E-state index contributed by atoms with van der Waals surface area (Å²) in [5.74, 6) is 0.230. The molecular weight excluding hydrogens is 382 g/mol. The Bertz CT molecular complexity index is 1030. The normalized spacial score (nSPS) is 19.6. The van der Waals surface area contributed by atoms with Crippen molar-refractivity contribution in [1.29, 1.82) is 0 Å². The van der Waals surface area contributed by atoms with Crippen LogP contribution in [0.1, 0.15) is 35.1 Å². The van der Waals surface area contributed by atoms with Gasteiger partial charge in [0.1, 0.15) is 11.7 Å². The summed E-state index contributed by atoms with van der Waals surface area (Å²) in [5, 5.41) is 8.41. The molecule has 8 nitrogen and oxygen atoms in total. The predicted octanol–water partition coefficient (Wildman–Crippen LogP) is 2.10. The fourth-order valence-electron chi connectivity index (χ4n) is 4.31. The largest absolute Gasteiger partial charge is 0.381 e. The summed E-state index contributed by atoms with van der Waals surface area (Å²) in [6.07, 6.45) is 3.61. The van der Waals surface area contributed by atoms with E-state index >= 15 is 0 Å². The number of hydrogen-bond donors (Lipinski definition) is 2. The molecule has 0 spiro atoms. The third kappa shape index (κ3) is 3.59. The zero-order valence-electron chi connectivity index (χ0n) is 16.7. The number of aromatic amines is 1. The molecule has 1 aromatic carbocycles. The van der Waals surface area contributed by atoms with Crippen molar-refractivity contribution in [3.63, 3.8) is 0 Å². The van der Waals surface area contributed by atoms with E-state index in [1.807, 2.05) is 36.4 Å². The van der Waals surface area contributed by atoms with Crippen molar-refractivity contribution in [3.05, 3.63) is 54.0 Å². The molecule has 4 heterocycles. The highest BCUT2D eigenvalue weighted by atomic mass is 16.5. The number of carbonyl (C=O) groups excluding carboxylic acids is 2. The van der Waals surface area contributed by atoms with E-state index in [-0.39, 0.29) is 11.8 Å². The van der Waals surface area contributed by atoms with Crippen LogP contribution >= 0.6 is 0 Å². The number of hydrogen-bond acceptors (Lipinski definition) is 4. The summed E-state index contributed by atoms with van der Waals surface area (Å²) in [4.78, 5) is 31.1. The molecule has 2 aliphatic heterocycles. The van der Waals surface area contributed by atoms with Gasteiger partial charge in [-0.15, -0.1) is 0 Å². The van der Waals surface area contributed by atoms with Crippen LogP contribution in [0.4, 0.5) is 0 Å². The Morgan fingerprint density at radius 1 is 1.20 bits per heavy atom. The van der Waals surface area contributed by atoms with E-state index in [1.165, 1.54) is 0 Å². The Hall–Kier alpha value is -3.13. The fraction of sp³-hybridized carbons (Fsp3) is 0.409. The van der Waals surface area contributed by atoms with E-state index in [1.54, 1.807) is 15.8 Å². The van der Waals surface area contributed by atoms with Crippen molar-refractivity contribution in [2.45, 2.75) is 25.4 Å². The van der Waals surface area contributed by atoms with Crippen LogP contribution in [0.25, 0.3) is 10.9 Å². The first-order chi connectivity index (χ1) is 14.7. The van der Waals surface area contributed by atoms with Gasteiger partial charge in [0.15, 0.2) is 0 Å². The van der Waals surface area contributed by atoms with Crippen LogP contribution in [-0.4, -0.2) is 57.8 Å². The molecule has 3 aromatic rings. The molecule has 2 aliphatic rings. The third-order valence-corrected chi connectivity index (χ3v) is 6.05. The summed E-state index contributed by atoms with van der Waals surface area (Å²) in [7, 11) is 0. The Morgan fingerprint density at radius 2 is 2.03 bits per heavy atom. The van der Waals surface area contributed by atoms with E-state index in [0.717, 1.165) is 42.7 Å². The second kappa shape index (κ2) is 7.95. The van der Waals surface area contributed by atoms with E-state index in [9.17, 15) is 9.59 Å². The molecule has 8 heteroatoms. The number of nitrogens with zero attached hydrogens (tertiary/aromatic N) is 3. The number of H-pyrrole nitrogens is 1. The van der Waals surface area contributed by atoms with Gasteiger partial charge in [-0.25, -0.2) is 0 Å². The molecule has 156 valence electrons. The molecule has 0 bridgehead atoms. The second-order valence-corrected chi connectivity index (χ2v) is 8.04. The summed E-state index contributed by atoms with van der Waals surface area (Å²) < 4.78 is 7.13. The quantitative estimate of drug-likeness (QED) is 0.693. The molecule has 2 N–H and O–H groups in total. The number of amides is 2. The Morgan fingerprint density at radius 3 is 2.87 bits per heavy atom. The molecular formula is C22H25N5O3. The van der Waals surface area contributed by atoms with Crippen LogP contribution in [-0.2, 0) is 16.1 Å². The van der Waals surface area contributed by atoms with Crippen molar-refractivity contribution in [2.75, 3.05) is 26.3 Å². The van der Waals surface area contributed by atoms with E-state index in [2.05, 4.69) is 15.4 Å². The van der Waals surface area contributed by atoms with Crippen molar-refractivity contribution in [1.82, 2.24) is 25.0 Å². The van der Waals surface area contributed by atoms with Gasteiger partial charge >= 0.3 is 0 Å². The predicted molar refractivity (Wildman–Crippen MR) is 111 cm³/mol. The van der Waals surface area contributed by atoms with Crippen molar-refractivity contribution >= 4 is 22.7 Å². The number of aromatic nitrogens is 3. The average molecular weight is 407 g/mol. The van der Waals surface area contributed by atoms with Gasteiger partial charge < -0.3 is 19.9 Å². The number of rotatable bonds is 4. The first-order valence-corrected chi connectivity index (χ1v) is 10.4. The van der Waals surface area contributed by atoms with Gasteiger partial charge in [0.05, 0.1) is 18.8 Å². The van der Waals surface area contributed by atoms with Crippen molar-refractivity contribution in [2.24, 2.45) is 5.92 Å². The summed E-state index contributed by atoms with van der Waals surface area (Å²) in [5.41, 5.74) is 2.32. The monoisotopic (exact) mass is 407 g/mol. The molecule has 30 heavy (non-hydrogen) atoms. The van der Waals surface area contributed by atoms with Crippen LogP contribution in [0, 0.1) is 5.92 Å². The number of fused-ring (bicyclic) bond motifs is 2. The van der Waals surface area contributed by atoms with Gasteiger partial charge in [-0.3, -0.25) is 14.3 Å². The smallest absolute Gasteiger partial charge is 0.270 e. The SMILES string of the molecule is O=C(NCC1CCOCC1)[C@H]1CN(C(=O)c2cc3ccccc3[nH]2)Cc2ccnn21. The van der Waals surface area contributed by atoms with Crippen molar-refractivity contribution < 1.29 is 14.3 Å². The van der Waals surface area contributed by atoms with E-state index in [4.69, 9.17) is 4.74 Å². The number of ether oxygens (including phenoxy) is 1. The van der Waals surface area contributed by atoms with Gasteiger partial charge in [-0.05, 0) is 37.0 Å². The molecule has 0 radical (unpaired) electrons. The zero-order chi connectivity index (χ0) is 20.5. The highest BCUT2D eigenvalue weighted by Crippen LogP contribution is 2.24. The molecule has 0 aliphatic carbocycles. The zero-order valence-corrected chi connectivity index (χ0v) is 16.7.